The molecule has 17 heteroatoms. The Kier molecular flexibility index (Phi) is 10.5. The van der Waals surface area contributed by atoms with Crippen molar-refractivity contribution in [3.8, 4) is 0 Å². The summed E-state index contributed by atoms with van der Waals surface area (Å²) in [6.07, 6.45) is -14.2. The van der Waals surface area contributed by atoms with E-state index in [9.17, 15) is 40.5 Å². The summed E-state index contributed by atoms with van der Waals surface area (Å²) in [5, 5.41) is 83.2. The van der Waals surface area contributed by atoms with E-state index in [1.54, 1.807) is 7.05 Å². The molecule has 2 heterocycles. The highest BCUT2D eigenvalue weighted by molar-refractivity contribution is 5.86. The van der Waals surface area contributed by atoms with Gasteiger partial charge in [-0.1, -0.05) is 0 Å². The van der Waals surface area contributed by atoms with Gasteiger partial charge >= 0.3 is 0 Å². The highest BCUT2D eigenvalue weighted by atomic mass is 16.7. The summed E-state index contributed by atoms with van der Waals surface area (Å²) < 4.78 is 23.2. The summed E-state index contributed by atoms with van der Waals surface area (Å²) in [5.74, 6) is -0.735. The van der Waals surface area contributed by atoms with Crippen LogP contribution < -0.4 is 27.4 Å². The Morgan fingerprint density at radius 1 is 0.929 bits per heavy atom. The van der Waals surface area contributed by atoms with Crippen molar-refractivity contribution in [2.75, 3.05) is 27.2 Å². The molecule has 4 aliphatic rings. The van der Waals surface area contributed by atoms with E-state index < -0.39 is 96.6 Å². The lowest BCUT2D eigenvalue weighted by atomic mass is 9.75. The molecular weight excluding hydrogens is 562 g/mol. The van der Waals surface area contributed by atoms with Crippen molar-refractivity contribution < 1.29 is 59.5 Å². The zero-order chi connectivity index (χ0) is 31.1. The van der Waals surface area contributed by atoms with Gasteiger partial charge in [0, 0.05) is 31.5 Å². The fourth-order valence-electron chi connectivity index (χ4n) is 6.31. The fourth-order valence-corrected chi connectivity index (χ4v) is 6.31. The number of rotatable bonds is 9. The second kappa shape index (κ2) is 13.1. The number of nitrogens with one attached hydrogen (secondary N) is 3. The van der Waals surface area contributed by atoms with Crippen molar-refractivity contribution in [2.45, 2.75) is 123 Å². The molecule has 0 spiro atoms. The number of aliphatic hydroxyl groups is 7. The van der Waals surface area contributed by atoms with E-state index in [1.165, 1.54) is 14.0 Å². The Labute approximate surface area is 243 Å². The summed E-state index contributed by atoms with van der Waals surface area (Å²) in [7, 11) is 3.15. The standard InChI is InChI=1S/C25H47N5O12/c1-24(37)8-39-21(17(35)20(24)29-3)42-19-11(30-23(36)25(38)5-9(26)6-25)4-10(27)18(16(19)34)41-22-15(33)14(32)13(31)12(40-22)7-28-2/h9-22,28-29,31-35,37-38H,4-8,26-27H2,1-3H3,(H,30,36)/t9?,10-,11+,12+,13+,14-,15+,16-,17+,18+,19-,20+,21+,22+,24-,25?/m0/s1. The number of nitrogens with two attached hydrogens (primary N) is 2. The maximum absolute atomic E-state index is 13.0. The van der Waals surface area contributed by atoms with Crippen molar-refractivity contribution in [3.05, 3.63) is 0 Å². The van der Waals surface area contributed by atoms with Crippen LogP contribution in [0, 0.1) is 0 Å². The molecule has 4 rings (SSSR count). The molecule has 14 N–H and O–H groups in total. The van der Waals surface area contributed by atoms with Crippen LogP contribution in [0.1, 0.15) is 26.2 Å². The van der Waals surface area contributed by atoms with Gasteiger partial charge in [0.05, 0.1) is 18.7 Å². The molecule has 2 aliphatic heterocycles. The lowest BCUT2D eigenvalue weighted by Gasteiger charge is -2.50. The summed E-state index contributed by atoms with van der Waals surface area (Å²) in [6.45, 7) is 1.36. The van der Waals surface area contributed by atoms with Crippen LogP contribution in [0.25, 0.3) is 0 Å². The molecule has 2 saturated carbocycles. The van der Waals surface area contributed by atoms with Crippen LogP contribution in [0.2, 0.25) is 0 Å². The predicted octanol–water partition coefficient (Wildman–Crippen LogP) is -6.73. The Morgan fingerprint density at radius 2 is 1.57 bits per heavy atom. The third kappa shape index (κ3) is 6.60. The second-order valence-electron chi connectivity index (χ2n) is 12.2. The van der Waals surface area contributed by atoms with Crippen molar-refractivity contribution in [2.24, 2.45) is 11.5 Å². The Bertz CT molecular complexity index is 928. The van der Waals surface area contributed by atoms with Gasteiger partial charge in [-0.15, -0.1) is 0 Å². The molecule has 0 aromatic carbocycles. The lowest BCUT2D eigenvalue weighted by Crippen LogP contribution is -2.71. The molecule has 2 saturated heterocycles. The lowest BCUT2D eigenvalue weighted by molar-refractivity contribution is -0.330. The topological polar surface area (TPSA) is 284 Å². The van der Waals surface area contributed by atoms with Gasteiger partial charge in [-0.2, -0.15) is 0 Å². The van der Waals surface area contributed by atoms with Crippen LogP contribution in [-0.4, -0.2) is 166 Å². The minimum atomic E-state index is -1.71. The van der Waals surface area contributed by atoms with E-state index in [1.807, 2.05) is 0 Å². The molecule has 1 amide bonds. The molecule has 0 unspecified atom stereocenters. The van der Waals surface area contributed by atoms with Gasteiger partial charge in [-0.25, -0.2) is 0 Å². The van der Waals surface area contributed by atoms with Crippen LogP contribution in [0.3, 0.4) is 0 Å². The van der Waals surface area contributed by atoms with Crippen LogP contribution in [0.15, 0.2) is 0 Å². The zero-order valence-electron chi connectivity index (χ0n) is 23.9. The van der Waals surface area contributed by atoms with Crippen molar-refractivity contribution >= 4 is 5.91 Å². The third-order valence-electron chi connectivity index (χ3n) is 8.75. The molecule has 17 nitrogen and oxygen atoms in total. The van der Waals surface area contributed by atoms with Gasteiger partial charge < -0.3 is 82.1 Å². The van der Waals surface area contributed by atoms with Crippen LogP contribution >= 0.6 is 0 Å². The van der Waals surface area contributed by atoms with E-state index in [0.29, 0.717) is 0 Å². The summed E-state index contributed by atoms with van der Waals surface area (Å²) in [4.78, 5) is 13.0. The van der Waals surface area contributed by atoms with E-state index in [4.69, 9.17) is 30.4 Å². The quantitative estimate of drug-likeness (QED) is 0.116. The van der Waals surface area contributed by atoms with Gasteiger partial charge in [0.2, 0.25) is 0 Å². The van der Waals surface area contributed by atoms with Crippen molar-refractivity contribution in [3.63, 3.8) is 0 Å². The first-order chi connectivity index (χ1) is 19.6. The monoisotopic (exact) mass is 609 g/mol. The van der Waals surface area contributed by atoms with Gasteiger partial charge in [0.25, 0.3) is 5.91 Å². The first kappa shape index (κ1) is 33.8. The third-order valence-corrected chi connectivity index (χ3v) is 8.75. The molecular formula is C25H47N5O12. The minimum absolute atomic E-state index is 0.0413. The normalized spacial score (nSPS) is 51.5. The number of ether oxygens (including phenoxy) is 4. The highest BCUT2D eigenvalue weighted by Crippen LogP contribution is 2.35. The van der Waals surface area contributed by atoms with Crippen molar-refractivity contribution in [1.29, 1.82) is 0 Å². The molecule has 2 aliphatic carbocycles. The smallest absolute Gasteiger partial charge is 0.252 e. The number of carbonyl (C=O) groups is 1. The Hall–Kier alpha value is -1.13. The summed E-state index contributed by atoms with van der Waals surface area (Å²) in [5.41, 5.74) is 8.99. The number of hydrogen-bond acceptors (Lipinski definition) is 16. The van der Waals surface area contributed by atoms with Gasteiger partial charge in [-0.05, 0) is 27.4 Å². The van der Waals surface area contributed by atoms with Crippen LogP contribution in [0.5, 0.6) is 0 Å². The van der Waals surface area contributed by atoms with Crippen molar-refractivity contribution in [1.82, 2.24) is 16.0 Å². The van der Waals surface area contributed by atoms with Crippen LogP contribution in [0.4, 0.5) is 0 Å². The molecule has 244 valence electrons. The SMILES string of the molecule is CNC[C@H]1O[C@H](O[C@H]2[C@H](O)[C@@H](O[C@H]3OC[C@](C)(O)[C@H](NC)[C@H]3O)[C@H](NC(=O)C3(O)CC(N)C3)C[C@@H]2N)[C@H](O)[C@@H](O)[C@@H]1O. The first-order valence-corrected chi connectivity index (χ1v) is 14.2. The molecule has 0 aromatic heterocycles. The molecule has 0 bridgehead atoms. The largest absolute Gasteiger partial charge is 0.388 e. The van der Waals surface area contributed by atoms with E-state index in [0.717, 1.165) is 0 Å². The van der Waals surface area contributed by atoms with Gasteiger partial charge in [0.1, 0.15) is 60.0 Å². The fraction of sp³-hybridized carbons (Fsp3) is 0.960. The average Bonchev–Trinajstić information content (AvgIpc) is 2.90. The maximum Gasteiger partial charge on any atom is 0.252 e. The zero-order valence-corrected chi connectivity index (χ0v) is 23.9. The second-order valence-corrected chi connectivity index (χ2v) is 12.2. The van der Waals surface area contributed by atoms with Gasteiger partial charge in [0.15, 0.2) is 12.6 Å². The summed E-state index contributed by atoms with van der Waals surface area (Å²) in [6, 6.07) is -3.20. The first-order valence-electron chi connectivity index (χ1n) is 14.2. The predicted molar refractivity (Wildman–Crippen MR) is 142 cm³/mol. The minimum Gasteiger partial charge on any atom is -0.388 e. The number of aliphatic hydroxyl groups excluding tert-OH is 5. The Morgan fingerprint density at radius 3 is 2.17 bits per heavy atom. The number of likely N-dealkylation sites (N-methyl/N-ethyl adjacent to an activating group) is 2. The van der Waals surface area contributed by atoms with E-state index >= 15 is 0 Å². The molecule has 0 aromatic rings. The molecule has 42 heavy (non-hydrogen) atoms. The van der Waals surface area contributed by atoms with E-state index in [2.05, 4.69) is 16.0 Å². The van der Waals surface area contributed by atoms with Gasteiger partial charge in [-0.3, -0.25) is 4.79 Å². The highest BCUT2D eigenvalue weighted by Gasteiger charge is 2.54. The summed E-state index contributed by atoms with van der Waals surface area (Å²) >= 11 is 0. The molecule has 4 fully saturated rings. The molecule has 14 atom stereocenters. The maximum atomic E-state index is 13.0. The average molecular weight is 610 g/mol. The van der Waals surface area contributed by atoms with E-state index in [-0.39, 0.29) is 38.5 Å². The molecule has 0 radical (unpaired) electrons. The van der Waals surface area contributed by atoms with Crippen LogP contribution in [-0.2, 0) is 23.7 Å². The number of hydrogen-bond donors (Lipinski definition) is 12. The Balaban J connectivity index is 1.55. The number of amides is 1. The number of carbonyl (C=O) groups excluding carboxylic acids is 1.